The van der Waals surface area contributed by atoms with Crippen molar-refractivity contribution >= 4 is 5.78 Å². The fourth-order valence-corrected chi connectivity index (χ4v) is 3.38. The Labute approximate surface area is 124 Å². The molecule has 0 spiro atoms. The molecule has 1 aliphatic rings. The van der Waals surface area contributed by atoms with E-state index < -0.39 is 5.82 Å². The molecule has 0 saturated heterocycles. The summed E-state index contributed by atoms with van der Waals surface area (Å²) in [5, 5.41) is 0. The Balaban J connectivity index is 1.77. The number of Topliss-reactive ketones (excluding diaryl/α,β-unsaturated/α-hetero) is 1. The summed E-state index contributed by atoms with van der Waals surface area (Å²) >= 11 is 0. The normalized spacial score (nSPS) is 22.8. The van der Waals surface area contributed by atoms with Crippen molar-refractivity contribution < 1.29 is 9.18 Å². The van der Waals surface area contributed by atoms with Crippen LogP contribution in [0.5, 0.6) is 0 Å². The molecular formula is C18H18FNO. The van der Waals surface area contributed by atoms with E-state index >= 15 is 0 Å². The molecule has 2 nitrogen and oxygen atoms in total. The van der Waals surface area contributed by atoms with Crippen LogP contribution < -0.4 is 0 Å². The Bertz CT molecular complexity index is 666. The number of rotatable bonds is 4. The van der Waals surface area contributed by atoms with Gasteiger partial charge in [0.2, 0.25) is 0 Å². The molecule has 1 heterocycles. The van der Waals surface area contributed by atoms with Crippen LogP contribution in [0.4, 0.5) is 4.39 Å². The van der Waals surface area contributed by atoms with Crippen molar-refractivity contribution in [1.29, 1.82) is 0 Å². The minimum absolute atomic E-state index is 0.00293. The first-order valence-corrected chi connectivity index (χ1v) is 7.17. The van der Waals surface area contributed by atoms with Crippen LogP contribution in [0, 0.1) is 17.2 Å². The molecule has 1 aromatic heterocycles. The zero-order valence-corrected chi connectivity index (χ0v) is 12.2. The minimum atomic E-state index is -0.394. The van der Waals surface area contributed by atoms with Gasteiger partial charge in [-0.05, 0) is 28.5 Å². The lowest BCUT2D eigenvalue weighted by Crippen LogP contribution is -2.09. The number of carbonyl (C=O) groups is 1. The molecule has 3 heteroatoms. The monoisotopic (exact) mass is 283 g/mol. The van der Waals surface area contributed by atoms with Crippen LogP contribution >= 0.6 is 0 Å². The molecule has 21 heavy (non-hydrogen) atoms. The van der Waals surface area contributed by atoms with Gasteiger partial charge in [0.15, 0.2) is 0 Å². The first-order chi connectivity index (χ1) is 10.00. The number of hydrogen-bond donors (Lipinski definition) is 0. The second-order valence-electron chi connectivity index (χ2n) is 6.34. The third-order valence-electron chi connectivity index (χ3n) is 4.47. The molecule has 2 aromatic rings. The maximum Gasteiger partial charge on any atom is 0.141 e. The van der Waals surface area contributed by atoms with Crippen LogP contribution in [0.2, 0.25) is 0 Å². The van der Waals surface area contributed by atoms with Gasteiger partial charge in [0, 0.05) is 18.5 Å². The number of nitrogens with zero attached hydrogens (tertiary/aromatic N) is 1. The summed E-state index contributed by atoms with van der Waals surface area (Å²) in [5.74, 6) is 0.0344. The van der Waals surface area contributed by atoms with Gasteiger partial charge in [0.25, 0.3) is 0 Å². The number of carbonyl (C=O) groups excluding carboxylic acids is 1. The van der Waals surface area contributed by atoms with Gasteiger partial charge in [-0.1, -0.05) is 44.2 Å². The molecule has 2 atom stereocenters. The first-order valence-electron chi connectivity index (χ1n) is 7.17. The van der Waals surface area contributed by atoms with Crippen molar-refractivity contribution in [2.24, 2.45) is 11.3 Å². The van der Waals surface area contributed by atoms with Gasteiger partial charge in [-0.2, -0.15) is 0 Å². The number of benzene rings is 1. The third kappa shape index (κ3) is 2.60. The zero-order chi connectivity index (χ0) is 15.0. The fraction of sp³-hybridized carbons (Fsp3) is 0.333. The SMILES string of the molecule is CC1(C)[C@H](C(=O)Cc2cncc(F)c2)[C@H]1c1ccccc1. The highest BCUT2D eigenvalue weighted by atomic mass is 19.1. The van der Waals surface area contributed by atoms with Crippen molar-refractivity contribution in [3.63, 3.8) is 0 Å². The smallest absolute Gasteiger partial charge is 0.141 e. The molecule has 0 N–H and O–H groups in total. The highest BCUT2D eigenvalue weighted by molar-refractivity contribution is 5.88. The van der Waals surface area contributed by atoms with Gasteiger partial charge in [0.05, 0.1) is 6.20 Å². The average Bonchev–Trinajstić information content (AvgIpc) is 3.03. The van der Waals surface area contributed by atoms with Gasteiger partial charge in [-0.25, -0.2) is 4.39 Å². The molecule has 1 saturated carbocycles. The molecule has 0 radical (unpaired) electrons. The summed E-state index contributed by atoms with van der Waals surface area (Å²) in [7, 11) is 0. The summed E-state index contributed by atoms with van der Waals surface area (Å²) in [6.45, 7) is 4.24. The number of aromatic nitrogens is 1. The second kappa shape index (κ2) is 5.06. The van der Waals surface area contributed by atoms with E-state index in [0.29, 0.717) is 5.56 Å². The van der Waals surface area contributed by atoms with Gasteiger partial charge < -0.3 is 0 Å². The maximum absolute atomic E-state index is 13.2. The minimum Gasteiger partial charge on any atom is -0.299 e. The molecule has 0 unspecified atom stereocenters. The van der Waals surface area contributed by atoms with Crippen LogP contribution in [0.25, 0.3) is 0 Å². The topological polar surface area (TPSA) is 30.0 Å². The van der Waals surface area contributed by atoms with Crippen LogP contribution in [-0.2, 0) is 11.2 Å². The van der Waals surface area contributed by atoms with Gasteiger partial charge >= 0.3 is 0 Å². The van der Waals surface area contributed by atoms with Crippen molar-refractivity contribution in [3.8, 4) is 0 Å². The molecule has 0 amide bonds. The lowest BCUT2D eigenvalue weighted by Gasteiger charge is -2.02. The number of halogens is 1. The maximum atomic E-state index is 13.2. The molecule has 108 valence electrons. The summed E-state index contributed by atoms with van der Waals surface area (Å²) in [6.07, 6.45) is 2.97. The van der Waals surface area contributed by atoms with Crippen LogP contribution in [-0.4, -0.2) is 10.8 Å². The summed E-state index contributed by atoms with van der Waals surface area (Å²) in [4.78, 5) is 16.3. The number of pyridine rings is 1. The van der Waals surface area contributed by atoms with Crippen molar-refractivity contribution in [2.45, 2.75) is 26.2 Å². The predicted octanol–water partition coefficient (Wildman–Crippen LogP) is 3.77. The van der Waals surface area contributed by atoms with E-state index in [4.69, 9.17) is 0 Å². The number of hydrogen-bond acceptors (Lipinski definition) is 2. The molecule has 1 aliphatic carbocycles. The van der Waals surface area contributed by atoms with E-state index in [2.05, 4.69) is 31.0 Å². The predicted molar refractivity (Wildman–Crippen MR) is 79.4 cm³/mol. The second-order valence-corrected chi connectivity index (χ2v) is 6.34. The van der Waals surface area contributed by atoms with Crippen molar-refractivity contribution in [2.75, 3.05) is 0 Å². The summed E-state index contributed by atoms with van der Waals surface area (Å²) in [5.41, 5.74) is 1.83. The Morgan fingerprint density at radius 2 is 1.95 bits per heavy atom. The Kier molecular flexibility index (Phi) is 3.36. The van der Waals surface area contributed by atoms with E-state index in [1.807, 2.05) is 18.2 Å². The lowest BCUT2D eigenvalue weighted by atomic mass is 10.0. The van der Waals surface area contributed by atoms with E-state index in [1.165, 1.54) is 11.6 Å². The average molecular weight is 283 g/mol. The Morgan fingerprint density at radius 1 is 1.24 bits per heavy atom. The van der Waals surface area contributed by atoms with Crippen molar-refractivity contribution in [3.05, 3.63) is 65.7 Å². The molecular weight excluding hydrogens is 265 g/mol. The summed E-state index contributed by atoms with van der Waals surface area (Å²) < 4.78 is 13.2. The molecule has 0 aliphatic heterocycles. The Hall–Kier alpha value is -2.03. The van der Waals surface area contributed by atoms with Gasteiger partial charge in [-0.15, -0.1) is 0 Å². The third-order valence-corrected chi connectivity index (χ3v) is 4.47. The molecule has 1 fully saturated rings. The highest BCUT2D eigenvalue weighted by Crippen LogP contribution is 2.64. The zero-order valence-electron chi connectivity index (χ0n) is 12.2. The highest BCUT2D eigenvalue weighted by Gasteiger charge is 2.61. The van der Waals surface area contributed by atoms with Crippen LogP contribution in [0.1, 0.15) is 30.9 Å². The fourth-order valence-electron chi connectivity index (χ4n) is 3.38. The standard InChI is InChI=1S/C18H18FNO/c1-18(2)16(13-6-4-3-5-7-13)17(18)15(21)9-12-8-14(19)11-20-10-12/h3-8,10-11,16-17H,9H2,1-2H3/t16-,17-/m1/s1. The molecule has 3 rings (SSSR count). The van der Waals surface area contributed by atoms with Crippen molar-refractivity contribution in [1.82, 2.24) is 4.98 Å². The van der Waals surface area contributed by atoms with Crippen LogP contribution in [0.15, 0.2) is 48.8 Å². The largest absolute Gasteiger partial charge is 0.299 e. The Morgan fingerprint density at radius 3 is 2.62 bits per heavy atom. The molecule has 0 bridgehead atoms. The van der Waals surface area contributed by atoms with Gasteiger partial charge in [-0.3, -0.25) is 9.78 Å². The van der Waals surface area contributed by atoms with E-state index in [0.717, 1.165) is 6.20 Å². The molecule has 1 aromatic carbocycles. The first kappa shape index (κ1) is 13.9. The quantitative estimate of drug-likeness (QED) is 0.855. The van der Waals surface area contributed by atoms with E-state index in [-0.39, 0.29) is 29.5 Å². The van der Waals surface area contributed by atoms with Gasteiger partial charge in [0.1, 0.15) is 11.6 Å². The summed E-state index contributed by atoms with van der Waals surface area (Å²) in [6, 6.07) is 11.5. The van der Waals surface area contributed by atoms with E-state index in [1.54, 1.807) is 6.20 Å². The lowest BCUT2D eigenvalue weighted by molar-refractivity contribution is -0.120. The number of ketones is 1. The van der Waals surface area contributed by atoms with E-state index in [9.17, 15) is 9.18 Å². The van der Waals surface area contributed by atoms with Crippen LogP contribution in [0.3, 0.4) is 0 Å².